The van der Waals surface area contributed by atoms with Crippen LogP contribution in [0.3, 0.4) is 0 Å². The number of carbonyl (C=O) groups is 1. The molecule has 156 valence electrons. The Labute approximate surface area is 181 Å². The maximum Gasteiger partial charge on any atom is 0.227 e. The summed E-state index contributed by atoms with van der Waals surface area (Å²) in [6.45, 7) is 5.28. The molecule has 3 heterocycles. The molecule has 0 aliphatic carbocycles. The lowest BCUT2D eigenvalue weighted by Crippen LogP contribution is -2.34. The van der Waals surface area contributed by atoms with Gasteiger partial charge in [0.25, 0.3) is 0 Å². The number of aryl methyl sites for hydroxylation is 1. The Morgan fingerprint density at radius 3 is 2.61 bits per heavy atom. The van der Waals surface area contributed by atoms with Crippen LogP contribution < -0.4 is 0 Å². The fourth-order valence-corrected chi connectivity index (χ4v) is 4.64. The third-order valence-electron chi connectivity index (χ3n) is 6.36. The predicted molar refractivity (Wildman–Crippen MR) is 119 cm³/mol. The smallest absolute Gasteiger partial charge is 0.227 e. The summed E-state index contributed by atoms with van der Waals surface area (Å²) in [6, 6.07) is 14.8. The van der Waals surface area contributed by atoms with Crippen LogP contribution in [0.25, 0.3) is 0 Å². The fraction of sp³-hybridized carbons (Fsp3) is 0.269. The normalized spacial score (nSPS) is 16.4. The van der Waals surface area contributed by atoms with Crippen LogP contribution in [-0.4, -0.2) is 28.0 Å². The number of aromatic nitrogens is 1. The largest absolute Gasteiger partial charge is 0.335 e. The number of amides is 1. The van der Waals surface area contributed by atoms with Gasteiger partial charge in [0.05, 0.1) is 24.7 Å². The molecule has 1 atom stereocenters. The van der Waals surface area contributed by atoms with Crippen molar-refractivity contribution in [1.29, 1.82) is 0 Å². The van der Waals surface area contributed by atoms with Gasteiger partial charge in [-0.3, -0.25) is 14.8 Å². The minimum atomic E-state index is -0.262. The molecule has 5 rings (SSSR count). The molecule has 2 aliphatic rings. The van der Waals surface area contributed by atoms with E-state index in [9.17, 15) is 9.18 Å². The van der Waals surface area contributed by atoms with Gasteiger partial charge in [0.1, 0.15) is 5.82 Å². The number of fused-ring (bicyclic) bond motifs is 2. The summed E-state index contributed by atoms with van der Waals surface area (Å²) < 4.78 is 13.3. The average molecular weight is 413 g/mol. The van der Waals surface area contributed by atoms with Gasteiger partial charge in [-0.25, -0.2) is 4.39 Å². The van der Waals surface area contributed by atoms with E-state index in [2.05, 4.69) is 23.2 Å². The van der Waals surface area contributed by atoms with Crippen molar-refractivity contribution >= 4 is 11.6 Å². The molecule has 0 saturated carbocycles. The number of rotatable bonds is 3. The summed E-state index contributed by atoms with van der Waals surface area (Å²) in [4.78, 5) is 24.1. The molecule has 0 bridgehead atoms. The highest BCUT2D eigenvalue weighted by molar-refractivity contribution is 6.15. The standard InChI is InChI=1S/C26H24FN3O/c1-16-11-20(7-9-28-16)26-24-13-19-8-10-30(17(2)18-3-5-23(27)6-4-18)25(31)14-21(19)12-22(24)15-29-26/h3-7,9,11-13,17H,8,10,14-15H2,1-2H3/t17-/m1/s1. The maximum absolute atomic E-state index is 13.3. The van der Waals surface area contributed by atoms with Gasteiger partial charge in [0, 0.05) is 29.6 Å². The SMILES string of the molecule is Cc1cc(C2=NCc3cc4c(cc32)CCN([C@H](C)c2ccc(F)cc2)C(=O)C4)ccn1. The van der Waals surface area contributed by atoms with Crippen molar-refractivity contribution in [3.05, 3.63) is 99.6 Å². The zero-order valence-corrected chi connectivity index (χ0v) is 17.7. The van der Waals surface area contributed by atoms with Gasteiger partial charge in [0.2, 0.25) is 5.91 Å². The summed E-state index contributed by atoms with van der Waals surface area (Å²) in [6.07, 6.45) is 3.00. The first kappa shape index (κ1) is 19.6. The van der Waals surface area contributed by atoms with Gasteiger partial charge in [-0.1, -0.05) is 18.2 Å². The molecule has 4 nitrogen and oxygen atoms in total. The molecule has 0 saturated heterocycles. The quantitative estimate of drug-likeness (QED) is 0.632. The number of pyridine rings is 1. The van der Waals surface area contributed by atoms with Crippen molar-refractivity contribution in [3.8, 4) is 0 Å². The lowest BCUT2D eigenvalue weighted by atomic mass is 9.93. The van der Waals surface area contributed by atoms with Crippen LogP contribution in [0.15, 0.2) is 59.7 Å². The Bertz CT molecular complexity index is 1200. The number of halogens is 1. The summed E-state index contributed by atoms with van der Waals surface area (Å²) >= 11 is 0. The number of carbonyl (C=O) groups excluding carboxylic acids is 1. The zero-order chi connectivity index (χ0) is 21.5. The minimum Gasteiger partial charge on any atom is -0.335 e. The third-order valence-corrected chi connectivity index (χ3v) is 6.36. The van der Waals surface area contributed by atoms with Crippen LogP contribution in [-0.2, 0) is 24.2 Å². The summed E-state index contributed by atoms with van der Waals surface area (Å²) in [7, 11) is 0. The van der Waals surface area contributed by atoms with Gasteiger partial charge >= 0.3 is 0 Å². The Morgan fingerprint density at radius 1 is 1.03 bits per heavy atom. The topological polar surface area (TPSA) is 45.6 Å². The van der Waals surface area contributed by atoms with Crippen molar-refractivity contribution < 1.29 is 9.18 Å². The number of benzene rings is 2. The van der Waals surface area contributed by atoms with E-state index in [1.165, 1.54) is 23.3 Å². The molecule has 2 aliphatic heterocycles. The molecule has 0 radical (unpaired) electrons. The number of hydrogen-bond donors (Lipinski definition) is 0. The van der Waals surface area contributed by atoms with Gasteiger partial charge in [0.15, 0.2) is 0 Å². The van der Waals surface area contributed by atoms with E-state index in [0.29, 0.717) is 19.5 Å². The lowest BCUT2D eigenvalue weighted by Gasteiger charge is -2.28. The molecule has 0 N–H and O–H groups in total. The van der Waals surface area contributed by atoms with Crippen LogP contribution in [0.1, 0.15) is 52.0 Å². The second kappa shape index (κ2) is 7.73. The van der Waals surface area contributed by atoms with Crippen molar-refractivity contribution in [3.63, 3.8) is 0 Å². The molecular weight excluding hydrogens is 389 g/mol. The van der Waals surface area contributed by atoms with E-state index in [1.807, 2.05) is 31.0 Å². The molecular formula is C26H24FN3O. The van der Waals surface area contributed by atoms with Crippen molar-refractivity contribution in [2.24, 2.45) is 4.99 Å². The summed E-state index contributed by atoms with van der Waals surface area (Å²) in [5, 5.41) is 0. The van der Waals surface area contributed by atoms with Gasteiger partial charge in [-0.2, -0.15) is 0 Å². The molecule has 5 heteroatoms. The first-order valence-electron chi connectivity index (χ1n) is 10.7. The van der Waals surface area contributed by atoms with Crippen molar-refractivity contribution in [2.75, 3.05) is 6.54 Å². The Hall–Kier alpha value is -3.34. The Morgan fingerprint density at radius 2 is 1.84 bits per heavy atom. The first-order chi connectivity index (χ1) is 15.0. The number of hydrogen-bond acceptors (Lipinski definition) is 3. The van der Waals surface area contributed by atoms with Crippen molar-refractivity contribution in [1.82, 2.24) is 9.88 Å². The van der Waals surface area contributed by atoms with E-state index in [1.54, 1.807) is 12.1 Å². The van der Waals surface area contributed by atoms with Crippen LogP contribution in [0, 0.1) is 12.7 Å². The highest BCUT2D eigenvalue weighted by Crippen LogP contribution is 2.31. The van der Waals surface area contributed by atoms with Crippen LogP contribution in [0.2, 0.25) is 0 Å². The number of nitrogens with zero attached hydrogens (tertiary/aromatic N) is 3. The van der Waals surface area contributed by atoms with E-state index >= 15 is 0 Å². The number of aliphatic imine (C=N–C) groups is 1. The zero-order valence-electron chi connectivity index (χ0n) is 17.7. The van der Waals surface area contributed by atoms with Crippen molar-refractivity contribution in [2.45, 2.75) is 39.3 Å². The van der Waals surface area contributed by atoms with Crippen LogP contribution in [0.5, 0.6) is 0 Å². The molecule has 1 aromatic heterocycles. The van der Waals surface area contributed by atoms with Crippen LogP contribution in [0.4, 0.5) is 4.39 Å². The maximum atomic E-state index is 13.3. The predicted octanol–water partition coefficient (Wildman–Crippen LogP) is 4.57. The summed E-state index contributed by atoms with van der Waals surface area (Å²) in [5.74, 6) is -0.152. The van der Waals surface area contributed by atoms with Gasteiger partial charge < -0.3 is 4.90 Å². The van der Waals surface area contributed by atoms with Crippen LogP contribution >= 0.6 is 0 Å². The average Bonchev–Trinajstić information content (AvgIpc) is 3.09. The third kappa shape index (κ3) is 3.65. The molecule has 31 heavy (non-hydrogen) atoms. The first-order valence-corrected chi connectivity index (χ1v) is 10.7. The van der Waals surface area contributed by atoms with E-state index in [4.69, 9.17) is 4.99 Å². The molecule has 1 amide bonds. The Balaban J connectivity index is 1.43. The second-order valence-corrected chi connectivity index (χ2v) is 8.37. The molecule has 2 aromatic carbocycles. The molecule has 3 aromatic rings. The highest BCUT2D eigenvalue weighted by atomic mass is 19.1. The van der Waals surface area contributed by atoms with Gasteiger partial charge in [-0.15, -0.1) is 0 Å². The lowest BCUT2D eigenvalue weighted by molar-refractivity contribution is -0.132. The molecule has 0 unspecified atom stereocenters. The van der Waals surface area contributed by atoms with E-state index in [0.717, 1.165) is 40.1 Å². The minimum absolute atomic E-state index is 0.0915. The monoisotopic (exact) mass is 413 g/mol. The van der Waals surface area contributed by atoms with E-state index < -0.39 is 0 Å². The Kier molecular flexibility index (Phi) is 4.89. The van der Waals surface area contributed by atoms with E-state index in [-0.39, 0.29) is 17.8 Å². The molecule has 0 fully saturated rings. The second-order valence-electron chi connectivity index (χ2n) is 8.37. The highest BCUT2D eigenvalue weighted by Gasteiger charge is 2.28. The van der Waals surface area contributed by atoms with Gasteiger partial charge in [-0.05, 0) is 72.9 Å². The molecule has 0 spiro atoms. The summed E-state index contributed by atoms with van der Waals surface area (Å²) in [5.41, 5.74) is 8.66. The fourth-order valence-electron chi connectivity index (χ4n) is 4.64.